The highest BCUT2D eigenvalue weighted by Gasteiger charge is 2.33. The van der Waals surface area contributed by atoms with Crippen molar-refractivity contribution in [1.29, 1.82) is 0 Å². The topological polar surface area (TPSA) is 32.3 Å². The van der Waals surface area contributed by atoms with E-state index in [0.29, 0.717) is 11.9 Å². The number of amides is 1. The van der Waals surface area contributed by atoms with Crippen LogP contribution in [0.15, 0.2) is 0 Å². The van der Waals surface area contributed by atoms with Crippen LogP contribution in [0.25, 0.3) is 0 Å². The molecule has 0 aromatic rings. The summed E-state index contributed by atoms with van der Waals surface area (Å²) in [5, 5.41) is 3.71. The van der Waals surface area contributed by atoms with Gasteiger partial charge in [-0.15, -0.1) is 0 Å². The van der Waals surface area contributed by atoms with E-state index in [4.69, 9.17) is 0 Å². The molecule has 3 nitrogen and oxygen atoms in total. The Kier molecular flexibility index (Phi) is 6.53. The molecule has 0 aromatic carbocycles. The molecule has 1 amide bonds. The zero-order valence-electron chi connectivity index (χ0n) is 14.2. The van der Waals surface area contributed by atoms with Gasteiger partial charge in [0.05, 0.1) is 0 Å². The van der Waals surface area contributed by atoms with E-state index >= 15 is 0 Å². The molecule has 1 saturated carbocycles. The zero-order valence-corrected chi connectivity index (χ0v) is 14.2. The second-order valence-electron chi connectivity index (χ2n) is 7.66. The largest absolute Gasteiger partial charge is 0.341 e. The third kappa shape index (κ3) is 5.98. The highest BCUT2D eigenvalue weighted by Crippen LogP contribution is 2.37. The molecule has 2 atom stereocenters. The van der Waals surface area contributed by atoms with Crippen molar-refractivity contribution in [3.05, 3.63) is 0 Å². The average Bonchev–Trinajstić information content (AvgIpc) is 3.22. The molecule has 0 spiro atoms. The molecule has 0 aromatic heterocycles. The van der Waals surface area contributed by atoms with Gasteiger partial charge in [0.2, 0.25) is 5.91 Å². The Hall–Kier alpha value is -0.570. The van der Waals surface area contributed by atoms with Gasteiger partial charge in [-0.2, -0.15) is 0 Å². The second kappa shape index (κ2) is 8.17. The number of nitrogens with one attached hydrogen (secondary N) is 1. The lowest BCUT2D eigenvalue weighted by Gasteiger charge is -2.38. The monoisotopic (exact) mass is 294 g/mol. The van der Waals surface area contributed by atoms with Crippen LogP contribution in [0.5, 0.6) is 0 Å². The van der Waals surface area contributed by atoms with Crippen molar-refractivity contribution < 1.29 is 4.79 Å². The van der Waals surface area contributed by atoms with Gasteiger partial charge < -0.3 is 10.2 Å². The minimum absolute atomic E-state index is 0.369. The number of piperidine rings is 1. The number of carbonyl (C=O) groups is 1. The molecule has 1 heterocycles. The first-order valence-electron chi connectivity index (χ1n) is 9.09. The Morgan fingerprint density at radius 1 is 1.24 bits per heavy atom. The van der Waals surface area contributed by atoms with Gasteiger partial charge in [-0.1, -0.05) is 33.6 Å². The van der Waals surface area contributed by atoms with Crippen LogP contribution < -0.4 is 5.32 Å². The number of hydrogen-bond donors (Lipinski definition) is 1. The molecule has 1 N–H and O–H groups in total. The SMILES string of the molecule is CCCC(=O)N1CC(CC2CC2)CC(NCCC(C)C)C1. The Balaban J connectivity index is 1.84. The van der Waals surface area contributed by atoms with Gasteiger partial charge in [-0.25, -0.2) is 0 Å². The lowest BCUT2D eigenvalue weighted by atomic mass is 9.89. The second-order valence-corrected chi connectivity index (χ2v) is 7.66. The minimum atomic E-state index is 0.369. The van der Waals surface area contributed by atoms with Crippen LogP contribution in [0.3, 0.4) is 0 Å². The molecular weight excluding hydrogens is 260 g/mol. The van der Waals surface area contributed by atoms with Gasteiger partial charge in [0.25, 0.3) is 0 Å². The molecule has 122 valence electrons. The molecule has 0 radical (unpaired) electrons. The van der Waals surface area contributed by atoms with E-state index in [9.17, 15) is 4.79 Å². The molecule has 0 bridgehead atoms. The van der Waals surface area contributed by atoms with Gasteiger partial charge >= 0.3 is 0 Å². The molecule has 3 heteroatoms. The van der Waals surface area contributed by atoms with Crippen LogP contribution in [0.4, 0.5) is 0 Å². The highest BCUT2D eigenvalue weighted by molar-refractivity contribution is 5.76. The molecule has 2 fully saturated rings. The van der Waals surface area contributed by atoms with Gasteiger partial charge in [0.1, 0.15) is 0 Å². The fourth-order valence-electron chi connectivity index (χ4n) is 3.50. The summed E-state index contributed by atoms with van der Waals surface area (Å²) in [5.74, 6) is 2.81. The normalized spacial score (nSPS) is 26.4. The third-order valence-corrected chi connectivity index (χ3v) is 4.87. The Morgan fingerprint density at radius 2 is 2.00 bits per heavy atom. The summed E-state index contributed by atoms with van der Waals surface area (Å²) in [6, 6.07) is 0.516. The van der Waals surface area contributed by atoms with Crippen molar-refractivity contribution in [2.45, 2.75) is 71.8 Å². The summed E-state index contributed by atoms with van der Waals surface area (Å²) in [5.41, 5.74) is 0. The summed E-state index contributed by atoms with van der Waals surface area (Å²) in [6.07, 6.45) is 8.37. The molecule has 2 aliphatic rings. The first kappa shape index (κ1) is 16.8. The van der Waals surface area contributed by atoms with Crippen LogP contribution in [-0.2, 0) is 4.79 Å². The van der Waals surface area contributed by atoms with Crippen LogP contribution in [0.1, 0.15) is 65.7 Å². The van der Waals surface area contributed by atoms with Crippen molar-refractivity contribution >= 4 is 5.91 Å². The minimum Gasteiger partial charge on any atom is -0.341 e. The van der Waals surface area contributed by atoms with Crippen LogP contribution in [0.2, 0.25) is 0 Å². The van der Waals surface area contributed by atoms with E-state index in [2.05, 4.69) is 31.0 Å². The highest BCUT2D eigenvalue weighted by atomic mass is 16.2. The van der Waals surface area contributed by atoms with E-state index < -0.39 is 0 Å². The molecule has 2 unspecified atom stereocenters. The van der Waals surface area contributed by atoms with E-state index in [0.717, 1.165) is 50.2 Å². The predicted molar refractivity (Wildman–Crippen MR) is 88.2 cm³/mol. The summed E-state index contributed by atoms with van der Waals surface area (Å²) in [4.78, 5) is 14.4. The van der Waals surface area contributed by atoms with Crippen molar-refractivity contribution in [2.75, 3.05) is 19.6 Å². The van der Waals surface area contributed by atoms with Crippen molar-refractivity contribution in [2.24, 2.45) is 17.8 Å². The molecule has 1 aliphatic heterocycles. The fourth-order valence-corrected chi connectivity index (χ4v) is 3.50. The lowest BCUT2D eigenvalue weighted by Crippen LogP contribution is -2.51. The lowest BCUT2D eigenvalue weighted by molar-refractivity contribution is -0.133. The summed E-state index contributed by atoms with van der Waals surface area (Å²) < 4.78 is 0. The maximum absolute atomic E-state index is 12.3. The number of rotatable bonds is 8. The molecular formula is C18H34N2O. The number of likely N-dealkylation sites (tertiary alicyclic amines) is 1. The van der Waals surface area contributed by atoms with E-state index in [1.807, 2.05) is 0 Å². The van der Waals surface area contributed by atoms with Gasteiger partial charge in [0, 0.05) is 25.6 Å². The zero-order chi connectivity index (χ0) is 15.2. The van der Waals surface area contributed by atoms with Crippen molar-refractivity contribution in [3.8, 4) is 0 Å². The Labute approximate surface area is 130 Å². The number of hydrogen-bond acceptors (Lipinski definition) is 2. The van der Waals surface area contributed by atoms with E-state index in [-0.39, 0.29) is 0 Å². The average molecular weight is 294 g/mol. The van der Waals surface area contributed by atoms with Gasteiger partial charge in [-0.3, -0.25) is 4.79 Å². The van der Waals surface area contributed by atoms with Gasteiger partial charge in [0.15, 0.2) is 0 Å². The van der Waals surface area contributed by atoms with Gasteiger partial charge in [-0.05, 0) is 50.0 Å². The quantitative estimate of drug-likeness (QED) is 0.744. The third-order valence-electron chi connectivity index (χ3n) is 4.87. The molecule has 21 heavy (non-hydrogen) atoms. The molecule has 1 aliphatic carbocycles. The van der Waals surface area contributed by atoms with E-state index in [1.165, 1.54) is 32.1 Å². The standard InChI is InChI=1S/C18H34N2O/c1-4-5-18(21)20-12-16(10-15-6-7-15)11-17(13-20)19-9-8-14(2)3/h14-17,19H,4-13H2,1-3H3. The number of carbonyl (C=O) groups excluding carboxylic acids is 1. The predicted octanol–water partition coefficient (Wildman–Crippen LogP) is 3.44. The molecule has 2 rings (SSSR count). The maximum atomic E-state index is 12.3. The fraction of sp³-hybridized carbons (Fsp3) is 0.944. The van der Waals surface area contributed by atoms with Crippen LogP contribution >= 0.6 is 0 Å². The summed E-state index contributed by atoms with van der Waals surface area (Å²) in [7, 11) is 0. The van der Waals surface area contributed by atoms with Crippen molar-refractivity contribution in [3.63, 3.8) is 0 Å². The van der Waals surface area contributed by atoms with Crippen LogP contribution in [0, 0.1) is 17.8 Å². The first-order chi connectivity index (χ1) is 10.1. The van der Waals surface area contributed by atoms with Crippen molar-refractivity contribution in [1.82, 2.24) is 10.2 Å². The smallest absolute Gasteiger partial charge is 0.222 e. The maximum Gasteiger partial charge on any atom is 0.222 e. The first-order valence-corrected chi connectivity index (χ1v) is 9.09. The van der Waals surface area contributed by atoms with Crippen LogP contribution in [-0.4, -0.2) is 36.5 Å². The molecule has 1 saturated heterocycles. The number of nitrogens with zero attached hydrogens (tertiary/aromatic N) is 1. The summed E-state index contributed by atoms with van der Waals surface area (Å²) >= 11 is 0. The Morgan fingerprint density at radius 3 is 2.62 bits per heavy atom. The van der Waals surface area contributed by atoms with E-state index in [1.54, 1.807) is 0 Å². The Bertz CT molecular complexity index is 325. The summed E-state index contributed by atoms with van der Waals surface area (Å²) in [6.45, 7) is 9.68.